The van der Waals surface area contributed by atoms with Crippen LogP contribution in [0.4, 0.5) is 10.2 Å². The van der Waals surface area contributed by atoms with Gasteiger partial charge in [0.2, 0.25) is 0 Å². The van der Waals surface area contributed by atoms with Crippen molar-refractivity contribution < 1.29 is 14.2 Å². The second-order valence-electron chi connectivity index (χ2n) is 3.62. The van der Waals surface area contributed by atoms with Crippen LogP contribution < -0.4 is 5.32 Å². The number of aromatic nitrogens is 2. The highest BCUT2D eigenvalue weighted by molar-refractivity contribution is 5.89. The molecule has 6 heteroatoms. The zero-order valence-corrected chi connectivity index (χ0v) is 9.77. The van der Waals surface area contributed by atoms with E-state index in [1.807, 2.05) is 0 Å². The zero-order valence-electron chi connectivity index (χ0n) is 9.77. The first-order valence-corrected chi connectivity index (χ1v) is 5.64. The van der Waals surface area contributed by atoms with E-state index in [0.29, 0.717) is 36.5 Å². The molecule has 2 aromatic rings. The van der Waals surface area contributed by atoms with E-state index in [1.165, 1.54) is 12.4 Å². The molecule has 1 aromatic carbocycles. The molecule has 0 radical (unpaired) electrons. The van der Waals surface area contributed by atoms with Crippen molar-refractivity contribution in [3.63, 3.8) is 0 Å². The van der Waals surface area contributed by atoms with Gasteiger partial charge in [0.25, 0.3) is 0 Å². The fraction of sp³-hybridized carbons (Fsp3) is 0.333. The molecule has 0 unspecified atom stereocenters. The van der Waals surface area contributed by atoms with Crippen molar-refractivity contribution >= 4 is 16.7 Å². The van der Waals surface area contributed by atoms with Crippen molar-refractivity contribution in [2.75, 3.05) is 31.7 Å². The molecule has 0 bridgehead atoms. The molecule has 0 aliphatic rings. The Labute approximate surface area is 104 Å². The van der Waals surface area contributed by atoms with Gasteiger partial charge in [-0.2, -0.15) is 0 Å². The van der Waals surface area contributed by atoms with Gasteiger partial charge in [-0.3, -0.25) is 0 Å². The van der Waals surface area contributed by atoms with Gasteiger partial charge in [0, 0.05) is 11.9 Å². The first-order chi connectivity index (χ1) is 8.83. The van der Waals surface area contributed by atoms with E-state index in [9.17, 15) is 4.39 Å². The highest BCUT2D eigenvalue weighted by Gasteiger charge is 2.06. The molecule has 18 heavy (non-hydrogen) atoms. The van der Waals surface area contributed by atoms with Crippen LogP contribution in [0.25, 0.3) is 10.9 Å². The number of rotatable bonds is 6. The number of halogens is 1. The van der Waals surface area contributed by atoms with E-state index < -0.39 is 0 Å². The number of ether oxygens (including phenoxy) is 1. The molecule has 1 aromatic heterocycles. The molecule has 2 rings (SSSR count). The lowest BCUT2D eigenvalue weighted by atomic mass is 10.2. The molecule has 5 nitrogen and oxygen atoms in total. The number of nitrogens with one attached hydrogen (secondary N) is 1. The Balaban J connectivity index is 2.07. The Hall–Kier alpha value is -1.79. The molecule has 0 amide bonds. The van der Waals surface area contributed by atoms with E-state index in [0.717, 1.165) is 0 Å². The third kappa shape index (κ3) is 2.91. The van der Waals surface area contributed by atoms with Gasteiger partial charge < -0.3 is 15.2 Å². The summed E-state index contributed by atoms with van der Waals surface area (Å²) in [5.74, 6) is 0.210. The van der Waals surface area contributed by atoms with Gasteiger partial charge in [0.1, 0.15) is 23.5 Å². The lowest BCUT2D eigenvalue weighted by molar-refractivity contribution is 0.0992. The number of anilines is 1. The van der Waals surface area contributed by atoms with Crippen LogP contribution in [0, 0.1) is 5.82 Å². The summed E-state index contributed by atoms with van der Waals surface area (Å²) in [7, 11) is 0. The van der Waals surface area contributed by atoms with Crippen LogP contribution in [-0.2, 0) is 4.74 Å². The van der Waals surface area contributed by atoms with Crippen LogP contribution in [0.5, 0.6) is 0 Å². The lowest BCUT2D eigenvalue weighted by Crippen LogP contribution is -2.12. The Kier molecular flexibility index (Phi) is 4.38. The Morgan fingerprint density at radius 3 is 3.00 bits per heavy atom. The normalized spacial score (nSPS) is 10.8. The summed E-state index contributed by atoms with van der Waals surface area (Å²) in [6, 6.07) is 4.74. The molecule has 1 heterocycles. The SMILES string of the molecule is OCCOCCNc1ncnc2c(F)cccc12. The van der Waals surface area contributed by atoms with Gasteiger partial charge in [-0.25, -0.2) is 14.4 Å². The van der Waals surface area contributed by atoms with E-state index in [1.54, 1.807) is 12.1 Å². The van der Waals surface area contributed by atoms with Gasteiger partial charge in [-0.15, -0.1) is 0 Å². The average molecular weight is 251 g/mol. The molecule has 96 valence electrons. The summed E-state index contributed by atoms with van der Waals surface area (Å²) in [6.45, 7) is 1.28. The molecule has 0 fully saturated rings. The zero-order chi connectivity index (χ0) is 12.8. The minimum atomic E-state index is -0.366. The summed E-state index contributed by atoms with van der Waals surface area (Å²) < 4.78 is 18.6. The number of hydrogen-bond donors (Lipinski definition) is 2. The largest absolute Gasteiger partial charge is 0.394 e. The van der Waals surface area contributed by atoms with Crippen molar-refractivity contribution in [2.24, 2.45) is 0 Å². The summed E-state index contributed by atoms with van der Waals surface area (Å²) >= 11 is 0. The topological polar surface area (TPSA) is 67.3 Å². The first-order valence-electron chi connectivity index (χ1n) is 5.64. The molecular weight excluding hydrogens is 237 g/mol. The fourth-order valence-electron chi connectivity index (χ4n) is 1.60. The van der Waals surface area contributed by atoms with Crippen LogP contribution in [0.3, 0.4) is 0 Å². The highest BCUT2D eigenvalue weighted by Crippen LogP contribution is 2.20. The number of hydrogen-bond acceptors (Lipinski definition) is 5. The van der Waals surface area contributed by atoms with E-state index in [2.05, 4.69) is 15.3 Å². The molecular formula is C12H14FN3O2. The Bertz CT molecular complexity index is 522. The maximum Gasteiger partial charge on any atom is 0.149 e. The molecule has 0 aliphatic carbocycles. The average Bonchev–Trinajstić information content (AvgIpc) is 2.39. The van der Waals surface area contributed by atoms with Crippen molar-refractivity contribution in [2.45, 2.75) is 0 Å². The van der Waals surface area contributed by atoms with Gasteiger partial charge in [-0.1, -0.05) is 6.07 Å². The summed E-state index contributed by atoms with van der Waals surface area (Å²) in [4.78, 5) is 7.98. The van der Waals surface area contributed by atoms with Crippen molar-refractivity contribution in [1.82, 2.24) is 9.97 Å². The predicted molar refractivity (Wildman–Crippen MR) is 65.9 cm³/mol. The van der Waals surface area contributed by atoms with Gasteiger partial charge >= 0.3 is 0 Å². The van der Waals surface area contributed by atoms with Crippen LogP contribution in [0.1, 0.15) is 0 Å². The number of para-hydroxylation sites is 1. The third-order valence-corrected chi connectivity index (χ3v) is 2.39. The van der Waals surface area contributed by atoms with Crippen LogP contribution in [-0.4, -0.2) is 41.4 Å². The van der Waals surface area contributed by atoms with Gasteiger partial charge in [-0.05, 0) is 12.1 Å². The van der Waals surface area contributed by atoms with Gasteiger partial charge in [0.15, 0.2) is 0 Å². The van der Waals surface area contributed by atoms with E-state index in [-0.39, 0.29) is 12.4 Å². The van der Waals surface area contributed by atoms with Crippen LogP contribution >= 0.6 is 0 Å². The summed E-state index contributed by atoms with van der Waals surface area (Å²) in [5.41, 5.74) is 0.297. The van der Waals surface area contributed by atoms with E-state index in [4.69, 9.17) is 9.84 Å². The summed E-state index contributed by atoms with van der Waals surface area (Å²) in [6.07, 6.45) is 1.32. The predicted octanol–water partition coefficient (Wildman–Crippen LogP) is 1.19. The number of benzene rings is 1. The third-order valence-electron chi connectivity index (χ3n) is 2.39. The van der Waals surface area contributed by atoms with E-state index >= 15 is 0 Å². The maximum atomic E-state index is 13.5. The quantitative estimate of drug-likeness (QED) is 0.755. The highest BCUT2D eigenvalue weighted by atomic mass is 19.1. The molecule has 0 saturated heterocycles. The second-order valence-corrected chi connectivity index (χ2v) is 3.62. The van der Waals surface area contributed by atoms with Crippen molar-refractivity contribution in [3.05, 3.63) is 30.3 Å². The minimum absolute atomic E-state index is 0.00164. The van der Waals surface area contributed by atoms with Crippen molar-refractivity contribution in [1.29, 1.82) is 0 Å². The minimum Gasteiger partial charge on any atom is -0.394 e. The van der Waals surface area contributed by atoms with Gasteiger partial charge in [0.05, 0.1) is 19.8 Å². The smallest absolute Gasteiger partial charge is 0.149 e. The van der Waals surface area contributed by atoms with Crippen LogP contribution in [0.2, 0.25) is 0 Å². The standard InChI is InChI=1S/C12H14FN3O2/c13-10-3-1-2-9-11(10)15-8-16-12(9)14-4-6-18-7-5-17/h1-3,8,17H,4-7H2,(H,14,15,16). The molecule has 0 aliphatic heterocycles. The molecule has 0 saturated carbocycles. The first kappa shape index (κ1) is 12.7. The Morgan fingerprint density at radius 2 is 2.17 bits per heavy atom. The molecule has 2 N–H and O–H groups in total. The summed E-state index contributed by atoms with van der Waals surface area (Å²) in [5, 5.41) is 12.2. The molecule has 0 atom stereocenters. The lowest BCUT2D eigenvalue weighted by Gasteiger charge is -2.08. The maximum absolute atomic E-state index is 13.5. The monoisotopic (exact) mass is 251 g/mol. The number of fused-ring (bicyclic) bond motifs is 1. The van der Waals surface area contributed by atoms with Crippen LogP contribution in [0.15, 0.2) is 24.5 Å². The number of aliphatic hydroxyl groups is 1. The second kappa shape index (κ2) is 6.23. The fourth-order valence-corrected chi connectivity index (χ4v) is 1.60. The molecule has 0 spiro atoms. The number of nitrogens with zero attached hydrogens (tertiary/aromatic N) is 2. The number of aliphatic hydroxyl groups excluding tert-OH is 1. The van der Waals surface area contributed by atoms with Crippen molar-refractivity contribution in [3.8, 4) is 0 Å². The Morgan fingerprint density at radius 1 is 1.28 bits per heavy atom.